The summed E-state index contributed by atoms with van der Waals surface area (Å²) in [5, 5.41) is 9.26. The van der Waals surface area contributed by atoms with Gasteiger partial charge in [-0.15, -0.1) is 0 Å². The second-order valence-corrected chi connectivity index (χ2v) is 5.11. The quantitative estimate of drug-likeness (QED) is 0.725. The SMILES string of the molecule is CCCC(CCC)N(CC)C1COCC1C(=O)O. The molecule has 1 rings (SSSR count). The van der Waals surface area contributed by atoms with Crippen molar-refractivity contribution in [3.8, 4) is 0 Å². The summed E-state index contributed by atoms with van der Waals surface area (Å²) in [5.74, 6) is -1.08. The van der Waals surface area contributed by atoms with Gasteiger partial charge in [0.1, 0.15) is 0 Å². The van der Waals surface area contributed by atoms with Crippen LogP contribution in [0.15, 0.2) is 0 Å². The van der Waals surface area contributed by atoms with E-state index in [-0.39, 0.29) is 12.0 Å². The van der Waals surface area contributed by atoms with E-state index in [2.05, 4.69) is 25.7 Å². The van der Waals surface area contributed by atoms with Gasteiger partial charge in [0, 0.05) is 12.1 Å². The number of hydrogen-bond acceptors (Lipinski definition) is 3. The van der Waals surface area contributed by atoms with Crippen LogP contribution in [0, 0.1) is 5.92 Å². The molecular formula is C14H27NO3. The maximum atomic E-state index is 11.3. The Morgan fingerprint density at radius 1 is 1.28 bits per heavy atom. The molecule has 0 aromatic heterocycles. The third-order valence-corrected chi connectivity index (χ3v) is 3.87. The van der Waals surface area contributed by atoms with Gasteiger partial charge >= 0.3 is 5.97 Å². The number of carbonyl (C=O) groups is 1. The van der Waals surface area contributed by atoms with Gasteiger partial charge in [-0.1, -0.05) is 33.6 Å². The molecule has 0 amide bonds. The molecule has 1 heterocycles. The van der Waals surface area contributed by atoms with E-state index in [0.29, 0.717) is 19.3 Å². The lowest BCUT2D eigenvalue weighted by molar-refractivity contribution is -0.143. The Kier molecular flexibility index (Phi) is 6.65. The number of nitrogens with zero attached hydrogens (tertiary/aromatic N) is 1. The minimum atomic E-state index is -0.720. The monoisotopic (exact) mass is 257 g/mol. The fourth-order valence-electron chi connectivity index (χ4n) is 3.01. The minimum Gasteiger partial charge on any atom is -0.481 e. The van der Waals surface area contributed by atoms with Gasteiger partial charge in [-0.3, -0.25) is 9.69 Å². The van der Waals surface area contributed by atoms with Gasteiger partial charge in [0.25, 0.3) is 0 Å². The summed E-state index contributed by atoms with van der Waals surface area (Å²) in [7, 11) is 0. The van der Waals surface area contributed by atoms with E-state index in [9.17, 15) is 9.90 Å². The second kappa shape index (κ2) is 7.74. The highest BCUT2D eigenvalue weighted by Gasteiger charge is 2.39. The molecule has 18 heavy (non-hydrogen) atoms. The summed E-state index contributed by atoms with van der Waals surface area (Å²) < 4.78 is 5.40. The number of likely N-dealkylation sites (N-methyl/N-ethyl adjacent to an activating group) is 1. The van der Waals surface area contributed by atoms with Gasteiger partial charge < -0.3 is 9.84 Å². The van der Waals surface area contributed by atoms with Crippen LogP contribution in [0.5, 0.6) is 0 Å². The van der Waals surface area contributed by atoms with Crippen LogP contribution in [0.1, 0.15) is 46.5 Å². The molecule has 1 saturated heterocycles. The first-order valence-corrected chi connectivity index (χ1v) is 7.21. The molecule has 0 bridgehead atoms. The molecule has 0 radical (unpaired) electrons. The molecule has 2 unspecified atom stereocenters. The molecule has 0 aromatic rings. The first-order valence-electron chi connectivity index (χ1n) is 7.21. The third-order valence-electron chi connectivity index (χ3n) is 3.87. The molecule has 2 atom stereocenters. The minimum absolute atomic E-state index is 0.0515. The topological polar surface area (TPSA) is 49.8 Å². The average Bonchev–Trinajstić information content (AvgIpc) is 2.80. The van der Waals surface area contributed by atoms with Crippen molar-refractivity contribution in [1.82, 2.24) is 4.90 Å². The highest BCUT2D eigenvalue weighted by atomic mass is 16.5. The van der Waals surface area contributed by atoms with E-state index in [0.717, 1.165) is 32.2 Å². The van der Waals surface area contributed by atoms with E-state index in [1.54, 1.807) is 0 Å². The Balaban J connectivity index is 2.75. The van der Waals surface area contributed by atoms with Crippen LogP contribution < -0.4 is 0 Å². The van der Waals surface area contributed by atoms with E-state index < -0.39 is 5.97 Å². The smallest absolute Gasteiger partial charge is 0.310 e. The van der Waals surface area contributed by atoms with Crippen LogP contribution in [0.2, 0.25) is 0 Å². The van der Waals surface area contributed by atoms with Gasteiger partial charge in [0.2, 0.25) is 0 Å². The molecular weight excluding hydrogens is 230 g/mol. The number of ether oxygens (including phenoxy) is 1. The molecule has 106 valence electrons. The van der Waals surface area contributed by atoms with Crippen molar-refractivity contribution in [2.45, 2.75) is 58.5 Å². The van der Waals surface area contributed by atoms with Gasteiger partial charge in [0.05, 0.1) is 19.1 Å². The van der Waals surface area contributed by atoms with E-state index in [1.165, 1.54) is 0 Å². The predicted octanol–water partition coefficient (Wildman–Crippen LogP) is 2.38. The largest absolute Gasteiger partial charge is 0.481 e. The van der Waals surface area contributed by atoms with Crippen molar-refractivity contribution >= 4 is 5.97 Å². The molecule has 1 N–H and O–H groups in total. The fourth-order valence-corrected chi connectivity index (χ4v) is 3.01. The predicted molar refractivity (Wildman–Crippen MR) is 71.7 cm³/mol. The van der Waals surface area contributed by atoms with Crippen LogP contribution in [0.4, 0.5) is 0 Å². The Morgan fingerprint density at radius 3 is 2.33 bits per heavy atom. The second-order valence-electron chi connectivity index (χ2n) is 5.11. The van der Waals surface area contributed by atoms with Gasteiger partial charge in [-0.05, 0) is 19.4 Å². The lowest BCUT2D eigenvalue weighted by Gasteiger charge is -2.36. The first kappa shape index (κ1) is 15.4. The normalized spacial score (nSPS) is 24.1. The Morgan fingerprint density at radius 2 is 1.89 bits per heavy atom. The van der Waals surface area contributed by atoms with Crippen LogP contribution in [0.3, 0.4) is 0 Å². The van der Waals surface area contributed by atoms with Crippen molar-refractivity contribution in [1.29, 1.82) is 0 Å². The zero-order valence-corrected chi connectivity index (χ0v) is 11.9. The molecule has 1 fully saturated rings. The van der Waals surface area contributed by atoms with Gasteiger partial charge in [0.15, 0.2) is 0 Å². The Bertz CT molecular complexity index is 251. The highest BCUT2D eigenvalue weighted by molar-refractivity contribution is 5.71. The zero-order chi connectivity index (χ0) is 13.5. The van der Waals surface area contributed by atoms with Crippen molar-refractivity contribution in [2.24, 2.45) is 5.92 Å². The molecule has 4 nitrogen and oxygen atoms in total. The molecule has 0 aromatic carbocycles. The lowest BCUT2D eigenvalue weighted by Crippen LogP contribution is -2.48. The molecule has 0 saturated carbocycles. The molecule has 0 spiro atoms. The average molecular weight is 257 g/mol. The molecule has 4 heteroatoms. The maximum Gasteiger partial charge on any atom is 0.310 e. The van der Waals surface area contributed by atoms with Gasteiger partial charge in [-0.2, -0.15) is 0 Å². The van der Waals surface area contributed by atoms with E-state index in [4.69, 9.17) is 4.74 Å². The Hall–Kier alpha value is -0.610. The van der Waals surface area contributed by atoms with Crippen molar-refractivity contribution in [3.05, 3.63) is 0 Å². The molecule has 0 aliphatic carbocycles. The van der Waals surface area contributed by atoms with E-state index in [1.807, 2.05) is 0 Å². The fraction of sp³-hybridized carbons (Fsp3) is 0.929. The van der Waals surface area contributed by atoms with Crippen LogP contribution in [-0.4, -0.2) is 47.8 Å². The maximum absolute atomic E-state index is 11.3. The van der Waals surface area contributed by atoms with Gasteiger partial charge in [-0.25, -0.2) is 0 Å². The number of carboxylic acids is 1. The summed E-state index contributed by atoms with van der Waals surface area (Å²) in [6, 6.07) is 0.550. The van der Waals surface area contributed by atoms with Crippen LogP contribution in [0.25, 0.3) is 0 Å². The standard InChI is InChI=1S/C14H27NO3/c1-4-7-11(8-5-2)15(6-3)13-10-18-9-12(13)14(16)17/h11-13H,4-10H2,1-3H3,(H,16,17). The summed E-state index contributed by atoms with van der Waals surface area (Å²) in [6.45, 7) is 8.33. The summed E-state index contributed by atoms with van der Waals surface area (Å²) >= 11 is 0. The summed E-state index contributed by atoms with van der Waals surface area (Å²) in [4.78, 5) is 13.6. The van der Waals surface area contributed by atoms with Crippen molar-refractivity contribution in [3.63, 3.8) is 0 Å². The van der Waals surface area contributed by atoms with E-state index >= 15 is 0 Å². The van der Waals surface area contributed by atoms with Crippen molar-refractivity contribution in [2.75, 3.05) is 19.8 Å². The first-order chi connectivity index (χ1) is 8.65. The zero-order valence-electron chi connectivity index (χ0n) is 11.9. The number of rotatable bonds is 8. The number of aliphatic carboxylic acids is 1. The number of carboxylic acid groups (broad SMARTS) is 1. The Labute approximate surface area is 110 Å². The summed E-state index contributed by atoms with van der Waals surface area (Å²) in [6.07, 6.45) is 4.58. The van der Waals surface area contributed by atoms with Crippen molar-refractivity contribution < 1.29 is 14.6 Å². The number of hydrogen-bond donors (Lipinski definition) is 1. The van der Waals surface area contributed by atoms with Crippen LogP contribution >= 0.6 is 0 Å². The highest BCUT2D eigenvalue weighted by Crippen LogP contribution is 2.25. The summed E-state index contributed by atoms with van der Waals surface area (Å²) in [5.41, 5.74) is 0. The van der Waals surface area contributed by atoms with Crippen LogP contribution in [-0.2, 0) is 9.53 Å². The molecule has 1 aliphatic rings. The third kappa shape index (κ3) is 3.69. The molecule has 1 aliphatic heterocycles. The lowest BCUT2D eigenvalue weighted by atomic mass is 9.97.